The van der Waals surface area contributed by atoms with Crippen LogP contribution in [0.3, 0.4) is 0 Å². The van der Waals surface area contributed by atoms with E-state index in [4.69, 9.17) is 10.5 Å². The van der Waals surface area contributed by atoms with E-state index < -0.39 is 0 Å². The maximum atomic E-state index is 5.99. The molecule has 3 unspecified atom stereocenters. The van der Waals surface area contributed by atoms with Gasteiger partial charge in [-0.1, -0.05) is 26.0 Å². The molecule has 1 fully saturated rings. The van der Waals surface area contributed by atoms with Crippen molar-refractivity contribution in [3.63, 3.8) is 0 Å². The van der Waals surface area contributed by atoms with Crippen LogP contribution in [0.15, 0.2) is 24.3 Å². The van der Waals surface area contributed by atoms with Gasteiger partial charge in [0.25, 0.3) is 0 Å². The van der Waals surface area contributed by atoms with Gasteiger partial charge in [0.15, 0.2) is 0 Å². The van der Waals surface area contributed by atoms with Crippen molar-refractivity contribution in [3.05, 3.63) is 29.8 Å². The first-order valence-electron chi connectivity index (χ1n) is 8.34. The van der Waals surface area contributed by atoms with Gasteiger partial charge >= 0.3 is 0 Å². The van der Waals surface area contributed by atoms with E-state index in [1.165, 1.54) is 18.4 Å². The molecule has 0 saturated carbocycles. The standard InChI is InChI=1S/C18H30N2O/c1-4-11-21-18-7-5-16(6-8-18)15(3)20-10-9-14(2)12-17(20)13-19/h5-8,14-15,17H,4,9-13,19H2,1-3H3. The van der Waals surface area contributed by atoms with Gasteiger partial charge in [-0.3, -0.25) is 4.90 Å². The predicted octanol–water partition coefficient (Wildman–Crippen LogP) is 3.60. The van der Waals surface area contributed by atoms with E-state index in [0.717, 1.165) is 37.8 Å². The van der Waals surface area contributed by atoms with E-state index in [1.807, 2.05) is 0 Å². The van der Waals surface area contributed by atoms with E-state index in [0.29, 0.717) is 12.1 Å². The van der Waals surface area contributed by atoms with Crippen LogP contribution in [0, 0.1) is 5.92 Å². The van der Waals surface area contributed by atoms with E-state index in [1.54, 1.807) is 0 Å². The highest BCUT2D eigenvalue weighted by atomic mass is 16.5. The van der Waals surface area contributed by atoms with Crippen molar-refractivity contribution in [2.75, 3.05) is 19.7 Å². The molecule has 0 bridgehead atoms. The number of benzene rings is 1. The van der Waals surface area contributed by atoms with Gasteiger partial charge in [0.05, 0.1) is 6.61 Å². The number of nitrogens with zero attached hydrogens (tertiary/aromatic N) is 1. The van der Waals surface area contributed by atoms with Gasteiger partial charge in [-0.25, -0.2) is 0 Å². The number of likely N-dealkylation sites (tertiary alicyclic amines) is 1. The van der Waals surface area contributed by atoms with Gasteiger partial charge in [0.1, 0.15) is 5.75 Å². The zero-order valence-corrected chi connectivity index (χ0v) is 13.7. The third kappa shape index (κ3) is 4.21. The monoisotopic (exact) mass is 290 g/mol. The molecular weight excluding hydrogens is 260 g/mol. The SMILES string of the molecule is CCCOc1ccc(C(C)N2CCC(C)CC2CN)cc1. The second-order valence-electron chi connectivity index (χ2n) is 6.35. The molecule has 1 aromatic carbocycles. The minimum absolute atomic E-state index is 0.422. The number of ether oxygens (including phenoxy) is 1. The Kier molecular flexibility index (Phi) is 6.07. The van der Waals surface area contributed by atoms with Crippen LogP contribution in [0.25, 0.3) is 0 Å². The molecule has 3 nitrogen and oxygen atoms in total. The maximum absolute atomic E-state index is 5.99. The molecule has 1 saturated heterocycles. The van der Waals surface area contributed by atoms with Crippen LogP contribution < -0.4 is 10.5 Å². The summed E-state index contributed by atoms with van der Waals surface area (Å²) in [7, 11) is 0. The van der Waals surface area contributed by atoms with Crippen LogP contribution >= 0.6 is 0 Å². The van der Waals surface area contributed by atoms with Crippen LogP contribution in [0.1, 0.15) is 51.6 Å². The van der Waals surface area contributed by atoms with Gasteiger partial charge < -0.3 is 10.5 Å². The largest absolute Gasteiger partial charge is 0.494 e. The zero-order chi connectivity index (χ0) is 15.2. The Balaban J connectivity index is 2.02. The van der Waals surface area contributed by atoms with E-state index in [-0.39, 0.29) is 0 Å². The minimum Gasteiger partial charge on any atom is -0.494 e. The van der Waals surface area contributed by atoms with Gasteiger partial charge in [-0.2, -0.15) is 0 Å². The first kappa shape index (κ1) is 16.3. The number of hydrogen-bond acceptors (Lipinski definition) is 3. The van der Waals surface area contributed by atoms with Crippen molar-refractivity contribution >= 4 is 0 Å². The van der Waals surface area contributed by atoms with Crippen LogP contribution in [0.4, 0.5) is 0 Å². The topological polar surface area (TPSA) is 38.5 Å². The number of rotatable bonds is 6. The number of piperidine rings is 1. The Morgan fingerprint density at radius 3 is 2.67 bits per heavy atom. The Morgan fingerprint density at radius 2 is 2.05 bits per heavy atom. The number of nitrogens with two attached hydrogens (primary N) is 1. The van der Waals surface area contributed by atoms with Crippen molar-refractivity contribution < 1.29 is 4.74 Å². The number of hydrogen-bond donors (Lipinski definition) is 1. The summed E-state index contributed by atoms with van der Waals surface area (Å²) in [5.41, 5.74) is 7.34. The second kappa shape index (κ2) is 7.81. The van der Waals surface area contributed by atoms with Gasteiger partial charge in [0.2, 0.25) is 0 Å². The lowest BCUT2D eigenvalue weighted by atomic mass is 9.90. The molecule has 21 heavy (non-hydrogen) atoms. The highest BCUT2D eigenvalue weighted by Gasteiger charge is 2.29. The molecule has 2 rings (SSSR count). The highest BCUT2D eigenvalue weighted by molar-refractivity contribution is 5.29. The summed E-state index contributed by atoms with van der Waals surface area (Å²) in [6.45, 7) is 9.45. The molecule has 118 valence electrons. The summed E-state index contributed by atoms with van der Waals surface area (Å²) in [6.07, 6.45) is 3.54. The van der Waals surface area contributed by atoms with Crippen molar-refractivity contribution in [2.24, 2.45) is 11.7 Å². The first-order chi connectivity index (χ1) is 10.2. The first-order valence-corrected chi connectivity index (χ1v) is 8.34. The average molecular weight is 290 g/mol. The van der Waals surface area contributed by atoms with E-state index in [9.17, 15) is 0 Å². The van der Waals surface area contributed by atoms with Crippen LogP contribution in [-0.4, -0.2) is 30.6 Å². The lowest BCUT2D eigenvalue weighted by Crippen LogP contribution is -2.47. The third-order valence-corrected chi connectivity index (χ3v) is 4.63. The summed E-state index contributed by atoms with van der Waals surface area (Å²) in [5.74, 6) is 1.77. The average Bonchev–Trinajstić information content (AvgIpc) is 2.52. The summed E-state index contributed by atoms with van der Waals surface area (Å²) in [4.78, 5) is 2.57. The Labute approximate surface area is 129 Å². The summed E-state index contributed by atoms with van der Waals surface area (Å²) in [6, 6.07) is 9.51. The Hall–Kier alpha value is -1.06. The van der Waals surface area contributed by atoms with E-state index >= 15 is 0 Å². The van der Waals surface area contributed by atoms with Crippen molar-refractivity contribution in [3.8, 4) is 5.75 Å². The van der Waals surface area contributed by atoms with Crippen molar-refractivity contribution in [1.29, 1.82) is 0 Å². The van der Waals surface area contributed by atoms with Gasteiger partial charge in [0, 0.05) is 18.6 Å². The lowest BCUT2D eigenvalue weighted by Gasteiger charge is -2.42. The Bertz CT molecular complexity index is 418. The quantitative estimate of drug-likeness (QED) is 0.870. The molecule has 0 radical (unpaired) electrons. The second-order valence-corrected chi connectivity index (χ2v) is 6.35. The molecule has 2 N–H and O–H groups in total. The summed E-state index contributed by atoms with van der Waals surface area (Å²) < 4.78 is 5.66. The summed E-state index contributed by atoms with van der Waals surface area (Å²) >= 11 is 0. The van der Waals surface area contributed by atoms with Gasteiger partial charge in [-0.05, 0) is 56.3 Å². The molecule has 0 aliphatic carbocycles. The fraction of sp³-hybridized carbons (Fsp3) is 0.667. The van der Waals surface area contributed by atoms with Crippen molar-refractivity contribution in [2.45, 2.75) is 52.1 Å². The smallest absolute Gasteiger partial charge is 0.119 e. The third-order valence-electron chi connectivity index (χ3n) is 4.63. The minimum atomic E-state index is 0.422. The van der Waals surface area contributed by atoms with Gasteiger partial charge in [-0.15, -0.1) is 0 Å². The fourth-order valence-electron chi connectivity index (χ4n) is 3.27. The van der Waals surface area contributed by atoms with Crippen LogP contribution in [0.2, 0.25) is 0 Å². The molecule has 1 aliphatic heterocycles. The Morgan fingerprint density at radius 1 is 1.33 bits per heavy atom. The zero-order valence-electron chi connectivity index (χ0n) is 13.7. The molecule has 0 spiro atoms. The van der Waals surface area contributed by atoms with E-state index in [2.05, 4.69) is 49.9 Å². The van der Waals surface area contributed by atoms with Crippen molar-refractivity contribution in [1.82, 2.24) is 4.90 Å². The molecule has 3 heteroatoms. The predicted molar refractivity (Wildman–Crippen MR) is 88.6 cm³/mol. The molecular formula is C18H30N2O. The maximum Gasteiger partial charge on any atom is 0.119 e. The molecule has 1 aromatic rings. The normalized spacial score (nSPS) is 24.8. The molecule has 1 heterocycles. The lowest BCUT2D eigenvalue weighted by molar-refractivity contribution is 0.0834. The van der Waals surface area contributed by atoms with Crippen LogP contribution in [-0.2, 0) is 0 Å². The highest BCUT2D eigenvalue weighted by Crippen LogP contribution is 2.31. The molecule has 0 amide bonds. The molecule has 1 aliphatic rings. The summed E-state index contributed by atoms with van der Waals surface area (Å²) in [5, 5.41) is 0. The molecule has 0 aromatic heterocycles. The fourth-order valence-corrected chi connectivity index (χ4v) is 3.27. The molecule has 3 atom stereocenters. The van der Waals surface area contributed by atoms with Crippen LogP contribution in [0.5, 0.6) is 5.75 Å².